The third kappa shape index (κ3) is 2.94. The molecule has 0 saturated carbocycles. The Bertz CT molecular complexity index is 484. The molecule has 1 N–H and O–H groups in total. The van der Waals surface area contributed by atoms with Crippen LogP contribution in [0.1, 0.15) is 43.1 Å². The maximum Gasteiger partial charge on any atom is 0.133 e. The molecule has 1 aliphatic rings. The molecule has 1 aliphatic heterocycles. The summed E-state index contributed by atoms with van der Waals surface area (Å²) < 4.78 is 0.778. The Morgan fingerprint density at radius 3 is 2.67 bits per heavy atom. The lowest BCUT2D eigenvalue weighted by Gasteiger charge is -2.30. The molecule has 3 atom stereocenters. The van der Waals surface area contributed by atoms with Gasteiger partial charge in [0.25, 0.3) is 0 Å². The average molecular weight is 301 g/mol. The quantitative estimate of drug-likeness (QED) is 0.824. The second-order valence-corrected chi connectivity index (χ2v) is 8.13. The van der Waals surface area contributed by atoms with Crippen molar-refractivity contribution in [2.45, 2.75) is 49.9 Å². The van der Waals surface area contributed by atoms with Gasteiger partial charge in [-0.3, -0.25) is 0 Å². The van der Waals surface area contributed by atoms with Crippen molar-refractivity contribution in [3.8, 4) is 0 Å². The van der Waals surface area contributed by atoms with Crippen molar-refractivity contribution in [2.75, 3.05) is 5.75 Å². The first-order valence-electron chi connectivity index (χ1n) is 6.39. The number of aromatic nitrogens is 2. The number of thioether (sulfide) groups is 2. The molecule has 0 bridgehead atoms. The number of H-pyrrole nitrogens is 1. The van der Waals surface area contributed by atoms with Crippen LogP contribution in [0.3, 0.4) is 0 Å². The lowest BCUT2D eigenvalue weighted by molar-refractivity contribution is 0.836. The van der Waals surface area contributed by atoms with Crippen LogP contribution in [0, 0.1) is 11.6 Å². The number of hydrogen-bond donors (Lipinski definition) is 1. The van der Waals surface area contributed by atoms with E-state index in [1.54, 1.807) is 0 Å². The fourth-order valence-corrected chi connectivity index (χ4v) is 5.39. The number of aryl methyl sites for hydroxylation is 1. The third-order valence-corrected chi connectivity index (χ3v) is 7.19. The average Bonchev–Trinajstić information content (AvgIpc) is 2.32. The predicted octanol–water partition coefficient (Wildman–Crippen LogP) is 4.31. The highest BCUT2D eigenvalue weighted by Crippen LogP contribution is 2.43. The Kier molecular flexibility index (Phi) is 4.78. The maximum atomic E-state index is 5.40. The molecule has 3 unspecified atom stereocenters. The van der Waals surface area contributed by atoms with Gasteiger partial charge in [-0.1, -0.05) is 33.0 Å². The zero-order valence-electron chi connectivity index (χ0n) is 11.3. The molecule has 100 valence electrons. The molecular weight excluding hydrogens is 280 g/mol. The normalized spacial score (nSPS) is 28.3. The summed E-state index contributed by atoms with van der Waals surface area (Å²) >= 11 is 9.45. The first-order chi connectivity index (χ1) is 8.52. The highest BCUT2D eigenvalue weighted by molar-refractivity contribution is 8.07. The van der Waals surface area contributed by atoms with Crippen molar-refractivity contribution in [1.82, 2.24) is 9.97 Å². The van der Waals surface area contributed by atoms with Crippen LogP contribution in [0.25, 0.3) is 0 Å². The van der Waals surface area contributed by atoms with Crippen LogP contribution >= 0.6 is 35.7 Å². The molecule has 1 fully saturated rings. The highest BCUT2D eigenvalue weighted by atomic mass is 32.2. The van der Waals surface area contributed by atoms with Gasteiger partial charge in [-0.2, -0.15) is 11.8 Å². The second-order valence-electron chi connectivity index (χ2n) is 4.75. The standard InChI is InChI=1S/C13H20N2S3/c1-5-10-7(2)14-12(15-13(10)16)11-6-17-8(3)9(4)18-11/h8-9,11H,5-6H2,1-4H3,(H,14,15,16). The molecule has 18 heavy (non-hydrogen) atoms. The van der Waals surface area contributed by atoms with E-state index in [0.717, 1.165) is 27.9 Å². The first kappa shape index (κ1) is 14.4. The van der Waals surface area contributed by atoms with Gasteiger partial charge in [0.1, 0.15) is 10.5 Å². The fourth-order valence-electron chi connectivity index (χ4n) is 2.13. The molecule has 2 rings (SSSR count). The second kappa shape index (κ2) is 5.97. The van der Waals surface area contributed by atoms with Gasteiger partial charge in [-0.25, -0.2) is 4.98 Å². The minimum absolute atomic E-state index is 0.451. The van der Waals surface area contributed by atoms with E-state index in [2.05, 4.69) is 37.7 Å². The van der Waals surface area contributed by atoms with E-state index in [-0.39, 0.29) is 0 Å². The number of hydrogen-bond acceptors (Lipinski definition) is 4. The largest absolute Gasteiger partial charge is 0.346 e. The van der Waals surface area contributed by atoms with Gasteiger partial charge < -0.3 is 4.98 Å². The van der Waals surface area contributed by atoms with Gasteiger partial charge in [0.15, 0.2) is 0 Å². The van der Waals surface area contributed by atoms with Crippen LogP contribution in [-0.2, 0) is 6.42 Å². The molecule has 0 radical (unpaired) electrons. The monoisotopic (exact) mass is 300 g/mol. The summed E-state index contributed by atoms with van der Waals surface area (Å²) in [6.45, 7) is 8.84. The van der Waals surface area contributed by atoms with E-state index >= 15 is 0 Å². The van der Waals surface area contributed by atoms with Crippen molar-refractivity contribution >= 4 is 35.7 Å². The van der Waals surface area contributed by atoms with Gasteiger partial charge in [0.2, 0.25) is 0 Å². The fraction of sp³-hybridized carbons (Fsp3) is 0.692. The van der Waals surface area contributed by atoms with Crippen molar-refractivity contribution in [3.63, 3.8) is 0 Å². The molecule has 0 amide bonds. The summed E-state index contributed by atoms with van der Waals surface area (Å²) in [6.07, 6.45) is 0.953. The van der Waals surface area contributed by atoms with Crippen LogP contribution in [-0.4, -0.2) is 26.2 Å². The molecule has 1 aromatic heterocycles. The molecule has 0 spiro atoms. The van der Waals surface area contributed by atoms with Crippen LogP contribution in [0.4, 0.5) is 0 Å². The Hall–Kier alpha value is -0.000000000000000139. The molecule has 1 aromatic rings. The molecule has 0 aliphatic carbocycles. The zero-order chi connectivity index (χ0) is 13.3. The summed E-state index contributed by atoms with van der Waals surface area (Å²) in [5, 5.41) is 1.85. The Labute approximate surface area is 123 Å². The number of rotatable bonds is 2. The maximum absolute atomic E-state index is 5.40. The molecule has 1 saturated heterocycles. The van der Waals surface area contributed by atoms with E-state index < -0.39 is 0 Å². The Balaban J connectivity index is 2.27. The number of nitrogens with one attached hydrogen (secondary N) is 1. The van der Waals surface area contributed by atoms with E-state index in [1.807, 2.05) is 23.5 Å². The van der Waals surface area contributed by atoms with E-state index in [4.69, 9.17) is 12.2 Å². The molecular formula is C13H20N2S3. The lowest BCUT2D eigenvalue weighted by atomic mass is 10.2. The molecule has 2 nitrogen and oxygen atoms in total. The Morgan fingerprint density at radius 2 is 2.11 bits per heavy atom. The topological polar surface area (TPSA) is 28.7 Å². The highest BCUT2D eigenvalue weighted by Gasteiger charge is 2.28. The summed E-state index contributed by atoms with van der Waals surface area (Å²) in [5.74, 6) is 2.19. The van der Waals surface area contributed by atoms with Crippen LogP contribution in [0.15, 0.2) is 0 Å². The molecule has 0 aromatic carbocycles. The predicted molar refractivity (Wildman–Crippen MR) is 85.3 cm³/mol. The zero-order valence-corrected chi connectivity index (χ0v) is 13.8. The SMILES string of the molecule is CCc1c(C)[nH]c(C2CSC(C)C(C)S2)nc1=S. The van der Waals surface area contributed by atoms with Crippen LogP contribution in [0.5, 0.6) is 0 Å². The van der Waals surface area contributed by atoms with Gasteiger partial charge in [0.05, 0.1) is 5.25 Å². The van der Waals surface area contributed by atoms with Gasteiger partial charge in [0, 0.05) is 27.5 Å². The van der Waals surface area contributed by atoms with Crippen molar-refractivity contribution in [1.29, 1.82) is 0 Å². The molecule has 2 heterocycles. The summed E-state index contributed by atoms with van der Waals surface area (Å²) in [4.78, 5) is 8.07. The summed E-state index contributed by atoms with van der Waals surface area (Å²) in [5.41, 5.74) is 2.37. The number of aromatic amines is 1. The summed E-state index contributed by atoms with van der Waals surface area (Å²) in [6, 6.07) is 0. The Morgan fingerprint density at radius 1 is 1.39 bits per heavy atom. The van der Waals surface area contributed by atoms with Crippen molar-refractivity contribution < 1.29 is 0 Å². The van der Waals surface area contributed by atoms with E-state index in [1.165, 1.54) is 11.3 Å². The smallest absolute Gasteiger partial charge is 0.133 e. The molecule has 5 heteroatoms. The van der Waals surface area contributed by atoms with Crippen molar-refractivity contribution in [3.05, 3.63) is 21.7 Å². The van der Waals surface area contributed by atoms with E-state index in [9.17, 15) is 0 Å². The van der Waals surface area contributed by atoms with Crippen LogP contribution < -0.4 is 0 Å². The van der Waals surface area contributed by atoms with Gasteiger partial charge in [-0.05, 0) is 13.3 Å². The minimum Gasteiger partial charge on any atom is -0.346 e. The lowest BCUT2D eigenvalue weighted by Crippen LogP contribution is -2.23. The first-order valence-corrected chi connectivity index (χ1v) is 8.79. The number of nitrogens with zero attached hydrogens (tertiary/aromatic N) is 1. The minimum atomic E-state index is 0.451. The van der Waals surface area contributed by atoms with Gasteiger partial charge >= 0.3 is 0 Å². The van der Waals surface area contributed by atoms with Gasteiger partial charge in [-0.15, -0.1) is 11.8 Å². The summed E-state index contributed by atoms with van der Waals surface area (Å²) in [7, 11) is 0. The van der Waals surface area contributed by atoms with Crippen LogP contribution in [0.2, 0.25) is 0 Å². The van der Waals surface area contributed by atoms with E-state index in [0.29, 0.717) is 10.5 Å². The van der Waals surface area contributed by atoms with Crippen molar-refractivity contribution in [2.24, 2.45) is 0 Å². The third-order valence-electron chi connectivity index (χ3n) is 3.46.